The highest BCUT2D eigenvalue weighted by molar-refractivity contribution is 7.91. The van der Waals surface area contributed by atoms with Crippen LogP contribution in [-0.4, -0.2) is 42.6 Å². The first kappa shape index (κ1) is 20.7. The molecular weight excluding hydrogens is 330 g/mol. The number of hydrogen-bond donors (Lipinski definition) is 1. The van der Waals surface area contributed by atoms with Gasteiger partial charge in [-0.15, -0.1) is 0 Å². The second-order valence-corrected chi connectivity index (χ2v) is 8.93. The molecule has 0 amide bonds. The number of oxime groups is 1. The number of Topliss-reactive ketones (excluding diaryl/α,β-unsaturated/α-hetero) is 1. The number of aliphatic hydroxyl groups excluding tert-OH is 1. The Morgan fingerprint density at radius 1 is 1.33 bits per heavy atom. The Hall–Kier alpha value is -1.37. The lowest BCUT2D eigenvalue weighted by atomic mass is 9.82. The van der Waals surface area contributed by atoms with Crippen molar-refractivity contribution in [3.05, 3.63) is 11.3 Å². The number of ketones is 1. The van der Waals surface area contributed by atoms with Gasteiger partial charge in [0, 0.05) is 18.6 Å². The van der Waals surface area contributed by atoms with Crippen LogP contribution >= 0.6 is 0 Å². The van der Waals surface area contributed by atoms with Crippen molar-refractivity contribution in [1.82, 2.24) is 0 Å². The lowest BCUT2D eigenvalue weighted by molar-refractivity contribution is -0.116. The second kappa shape index (κ2) is 9.20. The zero-order valence-electron chi connectivity index (χ0n) is 15.0. The lowest BCUT2D eigenvalue weighted by Crippen LogP contribution is -2.29. The predicted octanol–water partition coefficient (Wildman–Crippen LogP) is 3.18. The van der Waals surface area contributed by atoms with E-state index in [9.17, 15) is 18.3 Å². The van der Waals surface area contributed by atoms with Crippen molar-refractivity contribution in [2.75, 3.05) is 12.4 Å². The van der Waals surface area contributed by atoms with Crippen molar-refractivity contribution in [3.8, 4) is 0 Å². The Balaban J connectivity index is 2.95. The van der Waals surface area contributed by atoms with Gasteiger partial charge in [0.05, 0.1) is 16.5 Å². The quantitative estimate of drug-likeness (QED) is 0.504. The van der Waals surface area contributed by atoms with E-state index in [-0.39, 0.29) is 35.2 Å². The van der Waals surface area contributed by atoms with Crippen LogP contribution in [0, 0.1) is 5.92 Å². The smallest absolute Gasteiger partial charge is 0.168 e. The van der Waals surface area contributed by atoms with Gasteiger partial charge in [-0.25, -0.2) is 8.42 Å². The summed E-state index contributed by atoms with van der Waals surface area (Å²) in [6.45, 7) is 7.44. The third kappa shape index (κ3) is 5.33. The Morgan fingerprint density at radius 3 is 2.50 bits per heavy atom. The summed E-state index contributed by atoms with van der Waals surface area (Å²) in [4.78, 5) is 17.6. The second-order valence-electron chi connectivity index (χ2n) is 6.22. The molecule has 0 fully saturated rings. The molecule has 0 radical (unpaired) electrons. The molecule has 1 rings (SSSR count). The number of hydrogen-bond acceptors (Lipinski definition) is 6. The van der Waals surface area contributed by atoms with Crippen LogP contribution in [0.1, 0.15) is 59.8 Å². The highest BCUT2D eigenvalue weighted by atomic mass is 32.2. The topological polar surface area (TPSA) is 93.0 Å². The van der Waals surface area contributed by atoms with Crippen molar-refractivity contribution in [3.63, 3.8) is 0 Å². The van der Waals surface area contributed by atoms with Gasteiger partial charge in [0.1, 0.15) is 12.4 Å². The van der Waals surface area contributed by atoms with Crippen molar-refractivity contribution < 1.29 is 23.2 Å². The Kier molecular flexibility index (Phi) is 7.93. The van der Waals surface area contributed by atoms with Crippen molar-refractivity contribution in [2.45, 2.75) is 65.0 Å². The highest BCUT2D eigenvalue weighted by Gasteiger charge is 2.33. The number of carbonyl (C=O) groups is 1. The number of nitrogens with zero attached hydrogens (tertiary/aromatic N) is 1. The van der Waals surface area contributed by atoms with Crippen LogP contribution in [0.3, 0.4) is 0 Å². The fourth-order valence-corrected chi connectivity index (χ4v) is 4.10. The van der Waals surface area contributed by atoms with E-state index in [0.29, 0.717) is 31.6 Å². The third-order valence-electron chi connectivity index (χ3n) is 4.28. The molecule has 2 unspecified atom stereocenters. The van der Waals surface area contributed by atoms with Crippen LogP contribution in [0.15, 0.2) is 16.5 Å². The first-order valence-corrected chi connectivity index (χ1v) is 10.3. The summed E-state index contributed by atoms with van der Waals surface area (Å²) in [6, 6.07) is 0. The fraction of sp³-hybridized carbons (Fsp3) is 0.765. The summed E-state index contributed by atoms with van der Waals surface area (Å²) in [5.74, 6) is -0.252. The van der Waals surface area contributed by atoms with Crippen LogP contribution in [0.5, 0.6) is 0 Å². The summed E-state index contributed by atoms with van der Waals surface area (Å²) >= 11 is 0. The number of sulfone groups is 1. The third-order valence-corrected chi connectivity index (χ3v) is 6.51. The molecule has 24 heavy (non-hydrogen) atoms. The van der Waals surface area contributed by atoms with Crippen molar-refractivity contribution in [1.29, 1.82) is 0 Å². The number of carbonyl (C=O) groups excluding carboxylic acids is 1. The summed E-state index contributed by atoms with van der Waals surface area (Å²) in [5.41, 5.74) is 0.738. The van der Waals surface area contributed by atoms with Gasteiger partial charge in [-0.3, -0.25) is 4.79 Å². The maximum atomic E-state index is 12.5. The van der Waals surface area contributed by atoms with Crippen LogP contribution in [0.25, 0.3) is 0 Å². The first-order chi connectivity index (χ1) is 11.3. The molecule has 138 valence electrons. The van der Waals surface area contributed by atoms with Gasteiger partial charge in [0.15, 0.2) is 15.6 Å². The average molecular weight is 359 g/mol. The van der Waals surface area contributed by atoms with Gasteiger partial charge in [-0.2, -0.15) is 0 Å². The molecule has 0 aromatic rings. The molecule has 1 aliphatic carbocycles. The maximum absolute atomic E-state index is 12.5. The van der Waals surface area contributed by atoms with Crippen LogP contribution in [0.4, 0.5) is 0 Å². The van der Waals surface area contributed by atoms with E-state index in [1.54, 1.807) is 20.8 Å². The Morgan fingerprint density at radius 2 is 2.00 bits per heavy atom. The fourth-order valence-electron chi connectivity index (χ4n) is 2.96. The molecule has 1 aliphatic rings. The van der Waals surface area contributed by atoms with E-state index in [1.807, 2.05) is 6.92 Å². The van der Waals surface area contributed by atoms with E-state index < -0.39 is 15.1 Å². The standard InChI is InChI=1S/C17H29NO5S/c1-5-8-14(18-23-6-2)17-15(19)10-13(11-16(17)20)9-12(4)24(21,22)7-3/h12-13,19H,5-11H2,1-4H3/b18-14+. The number of rotatable bonds is 9. The van der Waals surface area contributed by atoms with Crippen LogP contribution in [-0.2, 0) is 19.5 Å². The normalized spacial score (nSPS) is 21.1. The van der Waals surface area contributed by atoms with Gasteiger partial charge in [-0.1, -0.05) is 25.4 Å². The van der Waals surface area contributed by atoms with E-state index in [1.165, 1.54) is 0 Å². The lowest BCUT2D eigenvalue weighted by Gasteiger charge is -2.26. The minimum Gasteiger partial charge on any atom is -0.511 e. The number of aliphatic hydroxyl groups is 1. The Labute approximate surface area is 144 Å². The van der Waals surface area contributed by atoms with Crippen LogP contribution < -0.4 is 0 Å². The van der Waals surface area contributed by atoms with Crippen molar-refractivity contribution in [2.24, 2.45) is 11.1 Å². The van der Waals surface area contributed by atoms with Gasteiger partial charge in [-0.05, 0) is 32.6 Å². The molecule has 0 bridgehead atoms. The van der Waals surface area contributed by atoms with Gasteiger partial charge in [0.2, 0.25) is 0 Å². The molecule has 7 heteroatoms. The van der Waals surface area contributed by atoms with Gasteiger partial charge >= 0.3 is 0 Å². The highest BCUT2D eigenvalue weighted by Crippen LogP contribution is 2.31. The molecule has 1 N–H and O–H groups in total. The molecule has 0 saturated carbocycles. The largest absolute Gasteiger partial charge is 0.511 e. The molecule has 6 nitrogen and oxygen atoms in total. The molecule has 0 aliphatic heterocycles. The number of allylic oxidation sites excluding steroid dienone is 2. The van der Waals surface area contributed by atoms with Crippen molar-refractivity contribution >= 4 is 21.3 Å². The maximum Gasteiger partial charge on any atom is 0.168 e. The molecule has 0 aromatic carbocycles. The zero-order chi connectivity index (χ0) is 18.3. The molecule has 0 saturated heterocycles. The van der Waals surface area contributed by atoms with Gasteiger partial charge in [0.25, 0.3) is 0 Å². The van der Waals surface area contributed by atoms with E-state index in [4.69, 9.17) is 4.84 Å². The minimum absolute atomic E-state index is 0.00393. The van der Waals surface area contributed by atoms with Crippen LogP contribution in [0.2, 0.25) is 0 Å². The molecular formula is C17H29NO5S. The SMILES string of the molecule is CCC/C(=N\OCC)C1=C(O)CC(CC(C)S(=O)(=O)CC)CC1=O. The predicted molar refractivity (Wildman–Crippen MR) is 94.9 cm³/mol. The van der Waals surface area contributed by atoms with E-state index >= 15 is 0 Å². The van der Waals surface area contributed by atoms with Gasteiger partial charge < -0.3 is 9.94 Å². The summed E-state index contributed by atoms with van der Waals surface area (Å²) < 4.78 is 23.8. The molecule has 0 heterocycles. The van der Waals surface area contributed by atoms with E-state index in [2.05, 4.69) is 5.16 Å². The Bertz CT molecular complexity index is 606. The summed E-state index contributed by atoms with van der Waals surface area (Å²) in [7, 11) is -3.14. The van der Waals surface area contributed by atoms with E-state index in [0.717, 1.165) is 6.42 Å². The molecule has 0 aromatic heterocycles. The zero-order valence-corrected chi connectivity index (χ0v) is 15.9. The minimum atomic E-state index is -3.14. The average Bonchev–Trinajstić information content (AvgIpc) is 2.51. The monoisotopic (exact) mass is 359 g/mol. The molecule has 2 atom stereocenters. The summed E-state index contributed by atoms with van der Waals surface area (Å²) in [5, 5.41) is 13.8. The first-order valence-electron chi connectivity index (χ1n) is 8.62. The summed E-state index contributed by atoms with van der Waals surface area (Å²) in [6.07, 6.45) is 2.25. The molecule has 0 spiro atoms.